The van der Waals surface area contributed by atoms with Crippen LogP contribution in [0.25, 0.3) is 0 Å². The van der Waals surface area contributed by atoms with Gasteiger partial charge in [0, 0.05) is 5.69 Å². The molecular formula is C14H15FN2O2S. The second-order valence-corrected chi connectivity index (χ2v) is 6.24. The Labute approximate surface area is 117 Å². The Hall–Kier alpha value is -2.08. The van der Waals surface area contributed by atoms with Crippen LogP contribution < -0.4 is 10.5 Å². The zero-order chi connectivity index (χ0) is 14.9. The highest BCUT2D eigenvalue weighted by molar-refractivity contribution is 7.92. The molecule has 0 saturated carbocycles. The summed E-state index contributed by atoms with van der Waals surface area (Å²) in [5, 5.41) is 0. The number of rotatable bonds is 3. The highest BCUT2D eigenvalue weighted by atomic mass is 32.2. The fourth-order valence-electron chi connectivity index (χ4n) is 1.77. The maximum absolute atomic E-state index is 12.8. The van der Waals surface area contributed by atoms with Crippen LogP contribution in [0.5, 0.6) is 0 Å². The average Bonchev–Trinajstić information content (AvgIpc) is 2.36. The van der Waals surface area contributed by atoms with Gasteiger partial charge in [0.2, 0.25) is 0 Å². The monoisotopic (exact) mass is 294 g/mol. The zero-order valence-corrected chi connectivity index (χ0v) is 12.0. The van der Waals surface area contributed by atoms with E-state index in [0.29, 0.717) is 0 Å². The van der Waals surface area contributed by atoms with E-state index in [9.17, 15) is 12.8 Å². The van der Waals surface area contributed by atoms with E-state index in [-0.39, 0.29) is 16.3 Å². The molecule has 0 aromatic heterocycles. The van der Waals surface area contributed by atoms with Crippen molar-refractivity contribution in [2.45, 2.75) is 18.7 Å². The number of benzene rings is 2. The standard InChI is InChI=1S/C14H15FN2O2S/c1-9-7-13(16)14(8-10(9)2)20(18,19)17-12-5-3-11(15)4-6-12/h3-8,17H,16H2,1-2H3. The van der Waals surface area contributed by atoms with E-state index in [2.05, 4.69) is 4.72 Å². The Balaban J connectivity index is 2.40. The molecule has 0 saturated heterocycles. The number of halogens is 1. The van der Waals surface area contributed by atoms with Crippen molar-refractivity contribution in [2.24, 2.45) is 0 Å². The van der Waals surface area contributed by atoms with Crippen LogP contribution in [0.2, 0.25) is 0 Å². The summed E-state index contributed by atoms with van der Waals surface area (Å²) >= 11 is 0. The number of nitrogens with one attached hydrogen (secondary N) is 1. The van der Waals surface area contributed by atoms with Gasteiger partial charge >= 0.3 is 0 Å². The second-order valence-electron chi connectivity index (χ2n) is 4.59. The first kappa shape index (κ1) is 14.3. The predicted octanol–water partition coefficient (Wildman–Crippen LogP) is 2.83. The molecule has 0 bridgehead atoms. The van der Waals surface area contributed by atoms with Crippen molar-refractivity contribution >= 4 is 21.4 Å². The quantitative estimate of drug-likeness (QED) is 0.855. The molecule has 20 heavy (non-hydrogen) atoms. The Bertz CT molecular complexity index is 741. The van der Waals surface area contributed by atoms with Gasteiger partial charge in [0.1, 0.15) is 10.7 Å². The van der Waals surface area contributed by atoms with Crippen LogP contribution in [0.4, 0.5) is 15.8 Å². The topological polar surface area (TPSA) is 72.2 Å². The molecule has 0 unspecified atom stereocenters. The summed E-state index contributed by atoms with van der Waals surface area (Å²) in [6.45, 7) is 3.67. The van der Waals surface area contributed by atoms with Crippen LogP contribution in [0.1, 0.15) is 11.1 Å². The molecule has 2 aromatic carbocycles. The van der Waals surface area contributed by atoms with Crippen molar-refractivity contribution < 1.29 is 12.8 Å². The molecule has 0 aliphatic rings. The third-order valence-electron chi connectivity index (χ3n) is 3.01. The minimum absolute atomic E-state index is 0.0184. The molecule has 2 rings (SSSR count). The number of hydrogen-bond donors (Lipinski definition) is 2. The SMILES string of the molecule is Cc1cc(N)c(S(=O)(=O)Nc2ccc(F)cc2)cc1C. The molecule has 2 aromatic rings. The normalized spacial score (nSPS) is 11.3. The van der Waals surface area contributed by atoms with Gasteiger partial charge in [0.15, 0.2) is 0 Å². The van der Waals surface area contributed by atoms with Crippen molar-refractivity contribution in [3.63, 3.8) is 0 Å². The number of sulfonamides is 1. The molecule has 0 spiro atoms. The molecule has 0 aliphatic heterocycles. The molecule has 0 amide bonds. The van der Waals surface area contributed by atoms with Gasteiger partial charge in [0.25, 0.3) is 10.0 Å². The molecule has 106 valence electrons. The zero-order valence-electron chi connectivity index (χ0n) is 11.1. The molecule has 6 heteroatoms. The van der Waals surface area contributed by atoms with Gasteiger partial charge in [0.05, 0.1) is 5.69 Å². The van der Waals surface area contributed by atoms with Crippen LogP contribution >= 0.6 is 0 Å². The van der Waals surface area contributed by atoms with E-state index in [0.717, 1.165) is 11.1 Å². The van der Waals surface area contributed by atoms with Crippen LogP contribution in [-0.2, 0) is 10.0 Å². The van der Waals surface area contributed by atoms with E-state index >= 15 is 0 Å². The summed E-state index contributed by atoms with van der Waals surface area (Å²) < 4.78 is 39.8. The van der Waals surface area contributed by atoms with Crippen LogP contribution in [0, 0.1) is 19.7 Å². The first-order chi connectivity index (χ1) is 9.29. The van der Waals surface area contributed by atoms with Crippen molar-refractivity contribution in [3.8, 4) is 0 Å². The van der Waals surface area contributed by atoms with E-state index in [1.807, 2.05) is 13.8 Å². The predicted molar refractivity (Wildman–Crippen MR) is 77.5 cm³/mol. The van der Waals surface area contributed by atoms with Crippen LogP contribution in [0.15, 0.2) is 41.3 Å². The molecule has 4 nitrogen and oxygen atoms in total. The van der Waals surface area contributed by atoms with Crippen molar-refractivity contribution in [1.82, 2.24) is 0 Å². The Kier molecular flexibility index (Phi) is 3.67. The lowest BCUT2D eigenvalue weighted by Crippen LogP contribution is -2.15. The van der Waals surface area contributed by atoms with Crippen molar-refractivity contribution in [2.75, 3.05) is 10.5 Å². The largest absolute Gasteiger partial charge is 0.398 e. The summed E-state index contributed by atoms with van der Waals surface area (Å²) in [5.74, 6) is -0.432. The minimum Gasteiger partial charge on any atom is -0.398 e. The lowest BCUT2D eigenvalue weighted by molar-refractivity contribution is 0.601. The average molecular weight is 294 g/mol. The third-order valence-corrected chi connectivity index (χ3v) is 4.45. The molecule has 0 heterocycles. The molecule has 3 N–H and O–H groups in total. The third kappa shape index (κ3) is 2.91. The fraction of sp³-hybridized carbons (Fsp3) is 0.143. The Morgan fingerprint density at radius 1 is 1.05 bits per heavy atom. The number of hydrogen-bond acceptors (Lipinski definition) is 3. The molecule has 0 fully saturated rings. The first-order valence-electron chi connectivity index (χ1n) is 5.95. The molecule has 0 atom stereocenters. The smallest absolute Gasteiger partial charge is 0.263 e. The van der Waals surface area contributed by atoms with E-state index in [1.165, 1.54) is 30.3 Å². The van der Waals surface area contributed by atoms with Gasteiger partial charge < -0.3 is 5.73 Å². The fourth-order valence-corrected chi connectivity index (χ4v) is 3.03. The van der Waals surface area contributed by atoms with Gasteiger partial charge in [-0.2, -0.15) is 0 Å². The minimum atomic E-state index is -3.79. The summed E-state index contributed by atoms with van der Waals surface area (Å²) in [4.78, 5) is 0.0184. The van der Waals surface area contributed by atoms with Crippen LogP contribution in [0.3, 0.4) is 0 Å². The number of anilines is 2. The van der Waals surface area contributed by atoms with E-state index in [4.69, 9.17) is 5.73 Å². The number of nitrogen functional groups attached to an aromatic ring is 1. The van der Waals surface area contributed by atoms with Gasteiger partial charge in [-0.1, -0.05) is 0 Å². The van der Waals surface area contributed by atoms with Gasteiger partial charge in [-0.05, 0) is 61.4 Å². The molecule has 0 radical (unpaired) electrons. The molecular weight excluding hydrogens is 279 g/mol. The second kappa shape index (κ2) is 5.13. The lowest BCUT2D eigenvalue weighted by atomic mass is 10.1. The number of aryl methyl sites for hydroxylation is 2. The Morgan fingerprint density at radius 3 is 2.20 bits per heavy atom. The highest BCUT2D eigenvalue weighted by Gasteiger charge is 2.18. The maximum Gasteiger partial charge on any atom is 0.263 e. The van der Waals surface area contributed by atoms with E-state index in [1.54, 1.807) is 6.07 Å². The van der Waals surface area contributed by atoms with Crippen molar-refractivity contribution in [1.29, 1.82) is 0 Å². The molecule has 0 aliphatic carbocycles. The van der Waals surface area contributed by atoms with E-state index < -0.39 is 15.8 Å². The summed E-state index contributed by atoms with van der Waals surface area (Å²) in [7, 11) is -3.79. The Morgan fingerprint density at radius 2 is 1.60 bits per heavy atom. The summed E-state index contributed by atoms with van der Waals surface area (Å²) in [6, 6.07) is 8.21. The maximum atomic E-state index is 12.8. The summed E-state index contributed by atoms with van der Waals surface area (Å²) in [5.41, 5.74) is 7.99. The van der Waals surface area contributed by atoms with Gasteiger partial charge in [-0.3, -0.25) is 4.72 Å². The van der Waals surface area contributed by atoms with Crippen LogP contribution in [-0.4, -0.2) is 8.42 Å². The highest BCUT2D eigenvalue weighted by Crippen LogP contribution is 2.25. The van der Waals surface area contributed by atoms with Gasteiger partial charge in [-0.15, -0.1) is 0 Å². The summed E-state index contributed by atoms with van der Waals surface area (Å²) in [6.07, 6.45) is 0. The van der Waals surface area contributed by atoms with Gasteiger partial charge in [-0.25, -0.2) is 12.8 Å². The first-order valence-corrected chi connectivity index (χ1v) is 7.43. The lowest BCUT2D eigenvalue weighted by Gasteiger charge is -2.12. The number of nitrogens with two attached hydrogens (primary N) is 1. The van der Waals surface area contributed by atoms with Crippen molar-refractivity contribution in [3.05, 3.63) is 53.3 Å².